The van der Waals surface area contributed by atoms with Crippen LogP contribution in [0.2, 0.25) is 0 Å². The lowest BCUT2D eigenvalue weighted by molar-refractivity contribution is 0.566. The third kappa shape index (κ3) is 1.90. The summed E-state index contributed by atoms with van der Waals surface area (Å²) in [6.45, 7) is 0.796. The Morgan fingerprint density at radius 1 is 1.43 bits per heavy atom. The van der Waals surface area contributed by atoms with Gasteiger partial charge in [-0.1, -0.05) is 34.1 Å². The van der Waals surface area contributed by atoms with Crippen molar-refractivity contribution in [3.8, 4) is 0 Å². The van der Waals surface area contributed by atoms with Crippen LogP contribution in [0.1, 0.15) is 18.0 Å². The predicted molar refractivity (Wildman–Crippen MR) is 61.1 cm³/mol. The lowest BCUT2D eigenvalue weighted by Gasteiger charge is -2.23. The number of benzene rings is 1. The van der Waals surface area contributed by atoms with Gasteiger partial charge in [-0.25, -0.2) is 0 Å². The number of nitrogens with two attached hydrogens (primary N) is 1. The van der Waals surface area contributed by atoms with Crippen molar-refractivity contribution in [3.63, 3.8) is 0 Å². The molecule has 14 heavy (non-hydrogen) atoms. The summed E-state index contributed by atoms with van der Waals surface area (Å²) in [5, 5.41) is 3.17. The molecule has 3 N–H and O–H groups in total. The van der Waals surface area contributed by atoms with Gasteiger partial charge in [-0.05, 0) is 18.1 Å². The summed E-state index contributed by atoms with van der Waals surface area (Å²) < 4.78 is 1.12. The third-order valence-electron chi connectivity index (χ3n) is 2.30. The highest BCUT2D eigenvalue weighted by molar-refractivity contribution is 9.10. The molecule has 1 heterocycles. The van der Waals surface area contributed by atoms with Gasteiger partial charge in [0.2, 0.25) is 0 Å². The van der Waals surface area contributed by atoms with Crippen LogP contribution < -0.4 is 11.1 Å². The number of hydrogen-bond acceptors (Lipinski definition) is 3. The molecule has 4 heteroatoms. The lowest BCUT2D eigenvalue weighted by Crippen LogP contribution is -2.38. The summed E-state index contributed by atoms with van der Waals surface area (Å²) in [5.41, 5.74) is 6.88. The van der Waals surface area contributed by atoms with Crippen LogP contribution >= 0.6 is 15.9 Å². The molecule has 0 radical (unpaired) electrons. The Bertz CT molecular complexity index is 362. The van der Waals surface area contributed by atoms with Crippen LogP contribution in [-0.4, -0.2) is 12.5 Å². The van der Waals surface area contributed by atoms with Crippen molar-refractivity contribution >= 4 is 21.9 Å². The van der Waals surface area contributed by atoms with E-state index in [1.165, 1.54) is 5.56 Å². The molecule has 0 saturated carbocycles. The van der Waals surface area contributed by atoms with E-state index in [1.54, 1.807) is 0 Å². The number of aliphatic imine (C=N–C) groups is 1. The first-order valence-electron chi connectivity index (χ1n) is 4.58. The maximum absolute atomic E-state index is 5.64. The van der Waals surface area contributed by atoms with Crippen LogP contribution in [0.25, 0.3) is 0 Å². The number of halogens is 1. The second kappa shape index (κ2) is 4.00. The first-order chi connectivity index (χ1) is 6.77. The maximum atomic E-state index is 5.64. The second-order valence-corrected chi connectivity index (χ2v) is 4.13. The predicted octanol–water partition coefficient (Wildman–Crippen LogP) is 1.80. The van der Waals surface area contributed by atoms with E-state index >= 15 is 0 Å². The number of rotatable bonds is 1. The number of nitrogens with zero attached hydrogens (tertiary/aromatic N) is 1. The van der Waals surface area contributed by atoms with E-state index in [-0.39, 0.29) is 6.04 Å². The molecule has 0 bridgehead atoms. The summed E-state index contributed by atoms with van der Waals surface area (Å²) in [6, 6.07) is 8.46. The van der Waals surface area contributed by atoms with Gasteiger partial charge in [0.1, 0.15) is 0 Å². The largest absolute Gasteiger partial charge is 0.370 e. The smallest absolute Gasteiger partial charge is 0.189 e. The average molecular weight is 254 g/mol. The van der Waals surface area contributed by atoms with Gasteiger partial charge in [-0.3, -0.25) is 4.99 Å². The highest BCUT2D eigenvalue weighted by Crippen LogP contribution is 2.26. The third-order valence-corrected chi connectivity index (χ3v) is 3.02. The van der Waals surface area contributed by atoms with Crippen molar-refractivity contribution in [2.45, 2.75) is 12.5 Å². The van der Waals surface area contributed by atoms with Crippen molar-refractivity contribution in [2.75, 3.05) is 6.54 Å². The molecule has 0 aromatic heterocycles. The van der Waals surface area contributed by atoms with Gasteiger partial charge in [0.15, 0.2) is 5.96 Å². The zero-order valence-corrected chi connectivity index (χ0v) is 9.29. The number of nitrogens with one attached hydrogen (secondary N) is 1. The summed E-state index contributed by atoms with van der Waals surface area (Å²) in [4.78, 5) is 4.10. The molecule has 0 fully saturated rings. The number of hydrogen-bond donors (Lipinski definition) is 2. The molecule has 1 atom stereocenters. The second-order valence-electron chi connectivity index (χ2n) is 3.27. The molecule has 0 amide bonds. The van der Waals surface area contributed by atoms with E-state index < -0.39 is 0 Å². The molecule has 1 aromatic carbocycles. The normalized spacial score (nSPS) is 21.2. The minimum Gasteiger partial charge on any atom is -0.370 e. The van der Waals surface area contributed by atoms with Crippen LogP contribution in [0.4, 0.5) is 0 Å². The summed E-state index contributed by atoms with van der Waals surface area (Å²) in [6.07, 6.45) is 0.989. The van der Waals surface area contributed by atoms with Crippen molar-refractivity contribution in [1.29, 1.82) is 0 Å². The van der Waals surface area contributed by atoms with Gasteiger partial charge in [0.05, 0.1) is 6.04 Å². The molecule has 0 spiro atoms. The fraction of sp³-hybridized carbons (Fsp3) is 0.300. The fourth-order valence-corrected chi connectivity index (χ4v) is 2.16. The van der Waals surface area contributed by atoms with Crippen LogP contribution in [0.5, 0.6) is 0 Å². The Morgan fingerprint density at radius 3 is 2.93 bits per heavy atom. The van der Waals surface area contributed by atoms with E-state index in [9.17, 15) is 0 Å². The van der Waals surface area contributed by atoms with E-state index in [0.29, 0.717) is 5.96 Å². The topological polar surface area (TPSA) is 50.4 Å². The summed E-state index contributed by atoms with van der Waals surface area (Å²) in [7, 11) is 0. The van der Waals surface area contributed by atoms with Crippen molar-refractivity contribution < 1.29 is 0 Å². The molecule has 1 unspecified atom stereocenters. The van der Waals surface area contributed by atoms with Gasteiger partial charge >= 0.3 is 0 Å². The molecular weight excluding hydrogens is 242 g/mol. The van der Waals surface area contributed by atoms with Gasteiger partial charge in [-0.2, -0.15) is 0 Å². The van der Waals surface area contributed by atoms with Crippen LogP contribution in [0.15, 0.2) is 33.7 Å². The number of guanidine groups is 1. The van der Waals surface area contributed by atoms with Crippen LogP contribution in [0, 0.1) is 0 Å². The van der Waals surface area contributed by atoms with Gasteiger partial charge in [-0.15, -0.1) is 0 Å². The quantitative estimate of drug-likeness (QED) is 0.802. The minimum atomic E-state index is 0.281. The summed E-state index contributed by atoms with van der Waals surface area (Å²) >= 11 is 3.53. The molecule has 74 valence electrons. The zero-order chi connectivity index (χ0) is 9.97. The molecule has 0 saturated heterocycles. The van der Waals surface area contributed by atoms with Crippen molar-refractivity contribution in [3.05, 3.63) is 34.3 Å². The van der Waals surface area contributed by atoms with E-state index in [2.05, 4.69) is 32.3 Å². The van der Waals surface area contributed by atoms with Crippen molar-refractivity contribution in [2.24, 2.45) is 10.7 Å². The molecule has 2 rings (SSSR count). The Hall–Kier alpha value is -1.03. The molecular formula is C10H12BrN3. The van der Waals surface area contributed by atoms with Crippen LogP contribution in [0.3, 0.4) is 0 Å². The van der Waals surface area contributed by atoms with Gasteiger partial charge < -0.3 is 11.1 Å². The average Bonchev–Trinajstić information content (AvgIpc) is 2.18. The molecule has 0 aliphatic carbocycles. The highest BCUT2D eigenvalue weighted by atomic mass is 79.9. The summed E-state index contributed by atoms with van der Waals surface area (Å²) in [5.74, 6) is 0.539. The molecule has 1 aliphatic heterocycles. The van der Waals surface area contributed by atoms with Crippen LogP contribution in [-0.2, 0) is 0 Å². The van der Waals surface area contributed by atoms with Gasteiger partial charge in [0, 0.05) is 11.0 Å². The monoisotopic (exact) mass is 253 g/mol. The standard InChI is InChI=1S/C10H12BrN3/c11-8-4-2-1-3-7(8)9-5-6-13-10(12)14-9/h1-4,9H,5-6H2,(H3,12,13,14). The van der Waals surface area contributed by atoms with Crippen molar-refractivity contribution in [1.82, 2.24) is 5.32 Å². The maximum Gasteiger partial charge on any atom is 0.189 e. The van der Waals surface area contributed by atoms with E-state index in [1.807, 2.05) is 18.2 Å². The molecule has 1 aromatic rings. The molecule has 3 nitrogen and oxygen atoms in total. The highest BCUT2D eigenvalue weighted by Gasteiger charge is 2.17. The Balaban J connectivity index is 2.24. The van der Waals surface area contributed by atoms with E-state index in [4.69, 9.17) is 5.73 Å². The Kier molecular flexibility index (Phi) is 2.72. The lowest BCUT2D eigenvalue weighted by atomic mass is 10.0. The zero-order valence-electron chi connectivity index (χ0n) is 7.70. The SMILES string of the molecule is NC1=NCCC(c2ccccc2Br)N1. The molecule has 1 aliphatic rings. The minimum absolute atomic E-state index is 0.281. The van der Waals surface area contributed by atoms with Gasteiger partial charge in [0.25, 0.3) is 0 Å². The Morgan fingerprint density at radius 2 is 2.21 bits per heavy atom. The first kappa shape index (κ1) is 9.52. The fourth-order valence-electron chi connectivity index (χ4n) is 1.60. The first-order valence-corrected chi connectivity index (χ1v) is 5.37. The Labute approximate surface area is 91.5 Å². The van der Waals surface area contributed by atoms with E-state index in [0.717, 1.165) is 17.4 Å².